The Morgan fingerprint density at radius 2 is 0.868 bits per heavy atom. The smallest absolute Gasteiger partial charge is 0.261 e. The van der Waals surface area contributed by atoms with Crippen LogP contribution in [-0.2, 0) is 38.9 Å². The third-order valence-corrected chi connectivity index (χ3v) is 15.3. The number of Topliss-reactive ketones (excluding diaryl/α,β-unsaturated/α-hetero) is 1. The first-order valence-corrected chi connectivity index (χ1v) is 26.8. The number of rotatable bonds is 18. The normalized spacial score (nSPS) is 12.8. The van der Waals surface area contributed by atoms with E-state index in [-0.39, 0.29) is 26.9 Å². The number of ether oxygens (including phenoxy) is 2. The Morgan fingerprint density at radius 1 is 0.500 bits per heavy atom. The van der Waals surface area contributed by atoms with Crippen LogP contribution in [0.1, 0.15) is 34.1 Å². The molecule has 0 aliphatic carbocycles. The zero-order chi connectivity index (χ0) is 53.0. The molecule has 10 aromatic rings. The summed E-state index contributed by atoms with van der Waals surface area (Å²) in [5, 5.41) is 0.781. The number of nitrogens with zero attached hydrogens (tertiary/aromatic N) is 8. The Kier molecular flexibility index (Phi) is 14.4. The van der Waals surface area contributed by atoms with E-state index in [0.717, 1.165) is 11.1 Å². The largest absolute Gasteiger partial charge is 0.437 e. The van der Waals surface area contributed by atoms with Gasteiger partial charge < -0.3 is 18.6 Å². The van der Waals surface area contributed by atoms with Crippen LogP contribution in [-0.4, -0.2) is 61.7 Å². The zero-order valence-electron chi connectivity index (χ0n) is 40.1. The lowest BCUT2D eigenvalue weighted by atomic mass is 9.82. The minimum Gasteiger partial charge on any atom is -0.437 e. The molecule has 0 saturated heterocycles. The van der Waals surface area contributed by atoms with Crippen molar-refractivity contribution in [3.63, 3.8) is 0 Å². The molecule has 0 aliphatic heterocycles. The predicted molar refractivity (Wildman–Crippen MR) is 292 cm³/mol. The molecule has 380 valence electrons. The van der Waals surface area contributed by atoms with Crippen molar-refractivity contribution in [1.82, 2.24) is 39.0 Å². The number of ketones is 1. The van der Waals surface area contributed by atoms with Crippen LogP contribution in [0.5, 0.6) is 23.3 Å². The molecule has 10 rings (SSSR count). The van der Waals surface area contributed by atoms with Gasteiger partial charge in [-0.1, -0.05) is 96.0 Å². The van der Waals surface area contributed by atoms with Crippen molar-refractivity contribution in [3.8, 4) is 23.3 Å². The van der Waals surface area contributed by atoms with E-state index < -0.39 is 31.9 Å². The van der Waals surface area contributed by atoms with Crippen molar-refractivity contribution in [2.24, 2.45) is 14.1 Å². The number of sulfonamides is 2. The van der Waals surface area contributed by atoms with E-state index in [4.69, 9.17) is 32.7 Å². The number of anilines is 2. The fraction of sp³-hybridized carbons (Fsp3) is 0.0727. The van der Waals surface area contributed by atoms with E-state index in [2.05, 4.69) is 39.3 Å². The van der Waals surface area contributed by atoms with E-state index in [1.54, 1.807) is 107 Å². The summed E-state index contributed by atoms with van der Waals surface area (Å²) in [4.78, 5) is 41.4. The van der Waals surface area contributed by atoms with Crippen molar-refractivity contribution in [2.75, 3.05) is 9.44 Å². The highest BCUT2D eigenvalue weighted by Gasteiger charge is 2.27. The quantitative estimate of drug-likeness (QED) is 0.0819. The van der Waals surface area contributed by atoms with E-state index in [0.29, 0.717) is 66.8 Å². The topological polar surface area (TPSA) is 215 Å². The van der Waals surface area contributed by atoms with Gasteiger partial charge >= 0.3 is 0 Å². The van der Waals surface area contributed by atoms with Crippen LogP contribution in [0.15, 0.2) is 193 Å². The number of fused-ring (bicyclic) bond motifs is 2. The molecule has 17 nitrogen and oxygen atoms in total. The molecular weight excluding hydrogens is 1050 g/mol. The fourth-order valence-corrected chi connectivity index (χ4v) is 10.4. The van der Waals surface area contributed by atoms with E-state index in [9.17, 15) is 16.8 Å². The number of nitrogens with one attached hydrogen (secondary N) is 2. The standard InChI is InChI=1S/C55H42Cl2N10O7S2/c1-66-33-62-49-52(66)58-31-60-54(49)73-43-21-3-35(4-22-43)7-29-47(37-9-17-41(18-10-37)64-75(69,70)45-25-13-39(56)14-26-45)51(68)48(38-11-19-42(20-12-38)65-76(71,72)46-27-15-40(57)16-28-46)30-8-36-5-23-44(24-6-36)74-55-50-53(59-32-61-55)67(2)34-63-50/h3-34,47-48,64-65H,1-2H3/b29-7+,30-8+. The summed E-state index contributed by atoms with van der Waals surface area (Å²) in [6, 6.07) is 39.1. The minimum atomic E-state index is -3.99. The maximum absolute atomic E-state index is 15.4. The molecule has 0 aliphatic rings. The Bertz CT molecular complexity index is 3770. The first-order valence-electron chi connectivity index (χ1n) is 23.1. The summed E-state index contributed by atoms with van der Waals surface area (Å²) in [6.07, 6.45) is 13.3. The van der Waals surface area contributed by atoms with Crippen molar-refractivity contribution in [3.05, 3.63) is 215 Å². The molecule has 0 amide bonds. The van der Waals surface area contributed by atoms with Crippen LogP contribution < -0.4 is 18.9 Å². The zero-order valence-corrected chi connectivity index (χ0v) is 43.3. The second-order valence-corrected chi connectivity index (χ2v) is 21.4. The van der Waals surface area contributed by atoms with Crippen LogP contribution in [0.4, 0.5) is 11.4 Å². The molecule has 21 heteroatoms. The average molecular weight is 1090 g/mol. The number of aromatic nitrogens is 8. The molecule has 0 bridgehead atoms. The Labute approximate surface area is 446 Å². The predicted octanol–water partition coefficient (Wildman–Crippen LogP) is 11.4. The van der Waals surface area contributed by atoms with Gasteiger partial charge in [-0.25, -0.2) is 36.8 Å². The second kappa shape index (κ2) is 21.6. The van der Waals surface area contributed by atoms with Crippen molar-refractivity contribution in [2.45, 2.75) is 21.6 Å². The number of carbonyl (C=O) groups excluding carboxylic acids is 1. The summed E-state index contributed by atoms with van der Waals surface area (Å²) in [5.41, 5.74) is 5.35. The lowest BCUT2D eigenvalue weighted by Gasteiger charge is -2.20. The number of carbonyl (C=O) groups is 1. The SMILES string of the molecule is Cn1cnc2c(Oc3ccc(/C=C/C(C(=O)C(/C=C/c4ccc(Oc5ncnc6c5ncn6C)cc4)c4ccc(NS(=O)(=O)c5ccc(Cl)cc5)cc4)c4ccc(NS(=O)(=O)c5ccc(Cl)cc5)cc4)cc3)ncnc21. The Hall–Kier alpha value is -8.75. The number of benzene rings is 6. The number of halogens is 2. The first kappa shape index (κ1) is 50.8. The maximum atomic E-state index is 15.4. The van der Waals surface area contributed by atoms with Gasteiger partial charge in [0.2, 0.25) is 0 Å². The Morgan fingerprint density at radius 3 is 1.24 bits per heavy atom. The van der Waals surface area contributed by atoms with Crippen LogP contribution in [0.3, 0.4) is 0 Å². The molecule has 2 atom stereocenters. The van der Waals surface area contributed by atoms with Gasteiger partial charge in [-0.15, -0.1) is 0 Å². The summed E-state index contributed by atoms with van der Waals surface area (Å²) in [6.45, 7) is 0. The van der Waals surface area contributed by atoms with Crippen molar-refractivity contribution in [1.29, 1.82) is 0 Å². The van der Waals surface area contributed by atoms with E-state index >= 15 is 4.79 Å². The molecule has 2 unspecified atom stereocenters. The maximum Gasteiger partial charge on any atom is 0.261 e. The van der Waals surface area contributed by atoms with Crippen LogP contribution in [0.2, 0.25) is 10.0 Å². The highest BCUT2D eigenvalue weighted by Crippen LogP contribution is 2.34. The number of imidazole rings is 2. The molecule has 0 radical (unpaired) electrons. The molecule has 4 heterocycles. The monoisotopic (exact) mass is 1090 g/mol. The van der Waals surface area contributed by atoms with E-state index in [1.165, 1.54) is 61.2 Å². The molecule has 4 aromatic heterocycles. The van der Waals surface area contributed by atoms with Gasteiger partial charge in [0.1, 0.15) is 24.2 Å². The lowest BCUT2D eigenvalue weighted by Crippen LogP contribution is -2.19. The third kappa shape index (κ3) is 11.5. The first-order chi connectivity index (χ1) is 36.7. The van der Waals surface area contributed by atoms with Gasteiger partial charge in [-0.3, -0.25) is 14.2 Å². The molecule has 2 N–H and O–H groups in total. The summed E-state index contributed by atoms with van der Waals surface area (Å²) < 4.78 is 74.3. The summed E-state index contributed by atoms with van der Waals surface area (Å²) in [7, 11) is -4.32. The lowest BCUT2D eigenvalue weighted by molar-refractivity contribution is -0.120. The molecule has 6 aromatic carbocycles. The molecule has 76 heavy (non-hydrogen) atoms. The number of hydrogen-bond donors (Lipinski definition) is 2. The van der Waals surface area contributed by atoms with Gasteiger partial charge in [0.15, 0.2) is 28.1 Å². The van der Waals surface area contributed by atoms with Crippen molar-refractivity contribution >= 4 is 94.9 Å². The second-order valence-electron chi connectivity index (χ2n) is 17.2. The molecule has 0 fully saturated rings. The molecular formula is C55H42Cl2N10O7S2. The summed E-state index contributed by atoms with van der Waals surface area (Å²) >= 11 is 12.0. The number of allylic oxidation sites excluding steroid dienone is 2. The van der Waals surface area contributed by atoms with Gasteiger partial charge in [0, 0.05) is 35.5 Å². The third-order valence-electron chi connectivity index (χ3n) is 12.0. The highest BCUT2D eigenvalue weighted by molar-refractivity contribution is 7.93. The Balaban J connectivity index is 0.978. The molecule has 0 saturated carbocycles. The minimum absolute atomic E-state index is 0.0210. The fourth-order valence-electron chi connectivity index (χ4n) is 8.04. The number of hydrogen-bond acceptors (Lipinski definition) is 13. The van der Waals surface area contributed by atoms with Gasteiger partial charge in [0.05, 0.1) is 34.3 Å². The van der Waals surface area contributed by atoms with Gasteiger partial charge in [0.25, 0.3) is 31.8 Å². The van der Waals surface area contributed by atoms with Gasteiger partial charge in [-0.05, 0) is 119 Å². The summed E-state index contributed by atoms with van der Waals surface area (Å²) in [5.74, 6) is -0.514. The van der Waals surface area contributed by atoms with Crippen LogP contribution >= 0.6 is 23.2 Å². The van der Waals surface area contributed by atoms with Crippen molar-refractivity contribution < 1.29 is 31.1 Å². The van der Waals surface area contributed by atoms with Gasteiger partial charge in [-0.2, -0.15) is 9.97 Å². The van der Waals surface area contributed by atoms with Crippen LogP contribution in [0.25, 0.3) is 34.5 Å². The highest BCUT2D eigenvalue weighted by atomic mass is 35.5. The van der Waals surface area contributed by atoms with Crippen LogP contribution in [0, 0.1) is 0 Å². The average Bonchev–Trinajstić information content (AvgIpc) is 4.01. The van der Waals surface area contributed by atoms with E-state index in [1.807, 2.05) is 50.5 Å². The number of aryl methyl sites for hydroxylation is 2. The molecule has 0 spiro atoms.